The van der Waals surface area contributed by atoms with Crippen molar-refractivity contribution in [2.75, 3.05) is 7.11 Å². The molecule has 16 heavy (non-hydrogen) atoms. The summed E-state index contributed by atoms with van der Waals surface area (Å²) >= 11 is 5.92. The molecule has 0 bridgehead atoms. The first-order valence-corrected chi connectivity index (χ1v) is 5.67. The van der Waals surface area contributed by atoms with Crippen LogP contribution >= 0.6 is 11.6 Å². The molecule has 1 atom stereocenters. The number of hydrazone groups is 1. The number of benzene rings is 1. The standard InChI is InChI=1S/C12H17ClN2O/c1-4-9(2)15-14-8-10-5-6-11(13)12(7-10)16-3/h5-9,15H,4H2,1-3H3/b14-8+. The summed E-state index contributed by atoms with van der Waals surface area (Å²) < 4.78 is 5.12. The van der Waals surface area contributed by atoms with E-state index in [4.69, 9.17) is 16.3 Å². The molecule has 88 valence electrons. The molecular weight excluding hydrogens is 224 g/mol. The van der Waals surface area contributed by atoms with E-state index in [2.05, 4.69) is 24.4 Å². The lowest BCUT2D eigenvalue weighted by Crippen LogP contribution is -2.19. The Kier molecular flexibility index (Phi) is 5.12. The first kappa shape index (κ1) is 12.8. The molecule has 0 fully saturated rings. The van der Waals surface area contributed by atoms with E-state index in [0.29, 0.717) is 16.8 Å². The van der Waals surface area contributed by atoms with E-state index in [0.717, 1.165) is 12.0 Å². The summed E-state index contributed by atoms with van der Waals surface area (Å²) in [4.78, 5) is 0. The van der Waals surface area contributed by atoms with Crippen LogP contribution < -0.4 is 10.2 Å². The zero-order valence-corrected chi connectivity index (χ0v) is 10.6. The van der Waals surface area contributed by atoms with Crippen LogP contribution in [0.4, 0.5) is 0 Å². The fourth-order valence-electron chi connectivity index (χ4n) is 1.09. The van der Waals surface area contributed by atoms with Gasteiger partial charge in [-0.3, -0.25) is 0 Å². The second-order valence-corrected chi connectivity index (χ2v) is 4.00. The van der Waals surface area contributed by atoms with E-state index in [1.165, 1.54) is 0 Å². The normalized spacial score (nSPS) is 12.8. The fraction of sp³-hybridized carbons (Fsp3) is 0.417. The third kappa shape index (κ3) is 3.74. The van der Waals surface area contributed by atoms with Gasteiger partial charge >= 0.3 is 0 Å². The number of halogens is 1. The molecule has 1 N–H and O–H groups in total. The van der Waals surface area contributed by atoms with Crippen molar-refractivity contribution in [3.63, 3.8) is 0 Å². The Morgan fingerprint density at radius 1 is 1.56 bits per heavy atom. The Labute approximate surface area is 101 Å². The predicted molar refractivity (Wildman–Crippen MR) is 68.5 cm³/mol. The second kappa shape index (κ2) is 6.38. The summed E-state index contributed by atoms with van der Waals surface area (Å²) in [7, 11) is 1.60. The highest BCUT2D eigenvalue weighted by molar-refractivity contribution is 6.32. The lowest BCUT2D eigenvalue weighted by Gasteiger charge is -2.07. The van der Waals surface area contributed by atoms with Gasteiger partial charge in [-0.15, -0.1) is 0 Å². The van der Waals surface area contributed by atoms with Crippen LogP contribution in [0.1, 0.15) is 25.8 Å². The van der Waals surface area contributed by atoms with Crippen molar-refractivity contribution in [1.29, 1.82) is 0 Å². The zero-order chi connectivity index (χ0) is 12.0. The smallest absolute Gasteiger partial charge is 0.138 e. The highest BCUT2D eigenvalue weighted by atomic mass is 35.5. The lowest BCUT2D eigenvalue weighted by molar-refractivity contribution is 0.415. The van der Waals surface area contributed by atoms with Crippen LogP contribution in [0.2, 0.25) is 5.02 Å². The molecule has 0 amide bonds. The largest absolute Gasteiger partial charge is 0.495 e. The van der Waals surface area contributed by atoms with Gasteiger partial charge < -0.3 is 10.2 Å². The number of methoxy groups -OCH3 is 1. The van der Waals surface area contributed by atoms with Gasteiger partial charge in [-0.2, -0.15) is 5.10 Å². The quantitative estimate of drug-likeness (QED) is 0.634. The van der Waals surface area contributed by atoms with Crippen LogP contribution in [-0.4, -0.2) is 19.4 Å². The summed E-state index contributed by atoms with van der Waals surface area (Å²) in [5.41, 5.74) is 3.98. The summed E-state index contributed by atoms with van der Waals surface area (Å²) in [6.07, 6.45) is 2.80. The van der Waals surface area contributed by atoms with Crippen molar-refractivity contribution in [3.05, 3.63) is 28.8 Å². The SMILES string of the molecule is CCC(C)N/N=C/c1ccc(Cl)c(OC)c1. The number of rotatable bonds is 5. The van der Waals surface area contributed by atoms with E-state index in [1.54, 1.807) is 19.4 Å². The maximum Gasteiger partial charge on any atom is 0.138 e. The minimum atomic E-state index is 0.380. The molecule has 1 aromatic rings. The Morgan fingerprint density at radius 2 is 2.31 bits per heavy atom. The number of hydrogen-bond donors (Lipinski definition) is 1. The van der Waals surface area contributed by atoms with E-state index in [-0.39, 0.29) is 0 Å². The number of nitrogens with zero attached hydrogens (tertiary/aromatic N) is 1. The van der Waals surface area contributed by atoms with Crippen LogP contribution in [0, 0.1) is 0 Å². The van der Waals surface area contributed by atoms with Gasteiger partial charge in [0.15, 0.2) is 0 Å². The van der Waals surface area contributed by atoms with Crippen molar-refractivity contribution >= 4 is 17.8 Å². The summed E-state index contributed by atoms with van der Waals surface area (Å²) in [5.74, 6) is 0.661. The molecule has 4 heteroatoms. The van der Waals surface area contributed by atoms with E-state index >= 15 is 0 Å². The Bertz CT molecular complexity index is 366. The first-order chi connectivity index (χ1) is 7.67. The Balaban J connectivity index is 2.67. The molecule has 3 nitrogen and oxygen atoms in total. The van der Waals surface area contributed by atoms with Crippen molar-refractivity contribution in [3.8, 4) is 5.75 Å². The molecule has 0 aliphatic rings. The topological polar surface area (TPSA) is 33.6 Å². The fourth-order valence-corrected chi connectivity index (χ4v) is 1.28. The monoisotopic (exact) mass is 240 g/mol. The van der Waals surface area contributed by atoms with Crippen LogP contribution in [-0.2, 0) is 0 Å². The van der Waals surface area contributed by atoms with Gasteiger partial charge in [-0.25, -0.2) is 0 Å². The third-order valence-corrected chi connectivity index (χ3v) is 2.61. The molecule has 0 heterocycles. The molecule has 0 saturated carbocycles. The molecule has 1 unspecified atom stereocenters. The second-order valence-electron chi connectivity index (χ2n) is 3.59. The molecule has 0 aliphatic carbocycles. The molecule has 0 aliphatic heterocycles. The van der Waals surface area contributed by atoms with Gasteiger partial charge in [-0.1, -0.05) is 24.6 Å². The minimum Gasteiger partial charge on any atom is -0.495 e. The van der Waals surface area contributed by atoms with Crippen molar-refractivity contribution in [1.82, 2.24) is 5.43 Å². The summed E-state index contributed by atoms with van der Waals surface area (Å²) in [6.45, 7) is 4.19. The van der Waals surface area contributed by atoms with E-state index < -0.39 is 0 Å². The maximum absolute atomic E-state index is 5.92. The zero-order valence-electron chi connectivity index (χ0n) is 9.83. The molecule has 1 aromatic carbocycles. The number of nitrogens with one attached hydrogen (secondary N) is 1. The van der Waals surface area contributed by atoms with Gasteiger partial charge in [0.05, 0.1) is 18.3 Å². The molecule has 0 spiro atoms. The minimum absolute atomic E-state index is 0.380. The predicted octanol–water partition coefficient (Wildman–Crippen LogP) is 3.07. The molecule has 0 saturated heterocycles. The van der Waals surface area contributed by atoms with Crippen LogP contribution in [0.3, 0.4) is 0 Å². The van der Waals surface area contributed by atoms with Gasteiger partial charge in [-0.05, 0) is 31.0 Å². The van der Waals surface area contributed by atoms with E-state index in [9.17, 15) is 0 Å². The van der Waals surface area contributed by atoms with Crippen LogP contribution in [0.5, 0.6) is 5.75 Å². The average molecular weight is 241 g/mol. The summed E-state index contributed by atoms with van der Waals surface area (Å²) in [5, 5.41) is 4.75. The van der Waals surface area contributed by atoms with Gasteiger partial charge in [0, 0.05) is 6.04 Å². The highest BCUT2D eigenvalue weighted by Gasteiger charge is 2.00. The van der Waals surface area contributed by atoms with Crippen LogP contribution in [0.25, 0.3) is 0 Å². The Morgan fingerprint density at radius 3 is 2.94 bits per heavy atom. The first-order valence-electron chi connectivity index (χ1n) is 5.29. The van der Waals surface area contributed by atoms with E-state index in [1.807, 2.05) is 12.1 Å². The number of hydrogen-bond acceptors (Lipinski definition) is 3. The third-order valence-electron chi connectivity index (χ3n) is 2.30. The van der Waals surface area contributed by atoms with Crippen molar-refractivity contribution in [2.45, 2.75) is 26.3 Å². The van der Waals surface area contributed by atoms with Gasteiger partial charge in [0.2, 0.25) is 0 Å². The molecule has 0 aromatic heterocycles. The summed E-state index contributed by atoms with van der Waals surface area (Å²) in [6, 6.07) is 5.92. The van der Waals surface area contributed by atoms with Crippen molar-refractivity contribution in [2.24, 2.45) is 5.10 Å². The number of ether oxygens (including phenoxy) is 1. The maximum atomic E-state index is 5.92. The molecule has 1 rings (SSSR count). The Hall–Kier alpha value is -1.22. The van der Waals surface area contributed by atoms with Crippen molar-refractivity contribution < 1.29 is 4.74 Å². The van der Waals surface area contributed by atoms with Gasteiger partial charge in [0.1, 0.15) is 5.75 Å². The highest BCUT2D eigenvalue weighted by Crippen LogP contribution is 2.24. The molecular formula is C12H17ClN2O. The average Bonchev–Trinajstić information content (AvgIpc) is 2.31. The van der Waals surface area contributed by atoms with Gasteiger partial charge in [0.25, 0.3) is 0 Å². The van der Waals surface area contributed by atoms with Crippen LogP contribution in [0.15, 0.2) is 23.3 Å². The molecule has 0 radical (unpaired) electrons. The lowest BCUT2D eigenvalue weighted by atomic mass is 10.2.